The third-order valence-electron chi connectivity index (χ3n) is 3.38. The van der Waals surface area contributed by atoms with Crippen molar-refractivity contribution in [2.24, 2.45) is 0 Å². The fourth-order valence-corrected chi connectivity index (χ4v) is 1.90. The van der Waals surface area contributed by atoms with Crippen LogP contribution in [0.3, 0.4) is 0 Å². The first kappa shape index (κ1) is 17.5. The molecule has 1 heterocycles. The molecule has 9 heteroatoms. The zero-order chi connectivity index (χ0) is 16.1. The molecule has 0 aromatic carbocycles. The van der Waals surface area contributed by atoms with E-state index in [9.17, 15) is 22.8 Å². The average Bonchev–Trinajstić information content (AvgIpc) is 2.38. The smallest absolute Gasteiger partial charge is 0.422 e. The highest BCUT2D eigenvalue weighted by Gasteiger charge is 2.58. The lowest BCUT2D eigenvalue weighted by Gasteiger charge is -2.28. The Labute approximate surface area is 120 Å². The van der Waals surface area contributed by atoms with Gasteiger partial charge in [0.25, 0.3) is 0 Å². The topological polar surface area (TPSA) is 87.7 Å². The first-order chi connectivity index (χ1) is 9.67. The van der Waals surface area contributed by atoms with Gasteiger partial charge < -0.3 is 20.5 Å². The first-order valence-corrected chi connectivity index (χ1v) is 6.64. The van der Waals surface area contributed by atoms with E-state index in [1.54, 1.807) is 0 Å². The summed E-state index contributed by atoms with van der Waals surface area (Å²) in [5, 5.41) is 12.3. The summed E-state index contributed by atoms with van der Waals surface area (Å²) in [6.07, 6.45) is -1.80. The highest BCUT2D eigenvalue weighted by atomic mass is 19.4. The Bertz CT molecular complexity index is 383. The lowest BCUT2D eigenvalue weighted by atomic mass is 10.0. The van der Waals surface area contributed by atoms with Gasteiger partial charge in [-0.1, -0.05) is 0 Å². The average molecular weight is 312 g/mol. The molecule has 0 aliphatic carbocycles. The lowest BCUT2D eigenvalue weighted by molar-refractivity contribution is -0.203. The van der Waals surface area contributed by atoms with Gasteiger partial charge in [-0.15, -0.1) is 0 Å². The third-order valence-corrected chi connectivity index (χ3v) is 3.38. The number of rotatable bonds is 5. The minimum absolute atomic E-state index is 0.0208. The van der Waals surface area contributed by atoms with Crippen LogP contribution < -0.4 is 10.6 Å². The fourth-order valence-electron chi connectivity index (χ4n) is 1.90. The maximum atomic E-state index is 12.7. The normalized spacial score (nSPS) is 22.2. The van der Waals surface area contributed by atoms with Gasteiger partial charge in [0, 0.05) is 13.2 Å². The molecule has 0 saturated carbocycles. The third kappa shape index (κ3) is 4.76. The van der Waals surface area contributed by atoms with Crippen LogP contribution in [0.15, 0.2) is 0 Å². The summed E-state index contributed by atoms with van der Waals surface area (Å²) in [4.78, 5) is 22.2. The predicted octanol–water partition coefficient (Wildman–Crippen LogP) is 1.65. The van der Waals surface area contributed by atoms with Crippen LogP contribution in [0.25, 0.3) is 0 Å². The summed E-state index contributed by atoms with van der Waals surface area (Å²) < 4.78 is 43.5. The number of urea groups is 1. The SMILES string of the molecule is CC(NC(=O)NCCC1CCCCO1)(C(=O)O)C(F)(F)F. The predicted molar refractivity (Wildman–Crippen MR) is 66.8 cm³/mol. The van der Waals surface area contributed by atoms with E-state index in [2.05, 4.69) is 5.32 Å². The number of halogens is 3. The molecule has 1 aliphatic rings. The van der Waals surface area contributed by atoms with Gasteiger partial charge in [-0.25, -0.2) is 9.59 Å². The van der Waals surface area contributed by atoms with Crippen molar-refractivity contribution >= 4 is 12.0 Å². The van der Waals surface area contributed by atoms with Crippen LogP contribution in [0.2, 0.25) is 0 Å². The Balaban J connectivity index is 2.42. The van der Waals surface area contributed by atoms with Crippen molar-refractivity contribution in [2.75, 3.05) is 13.2 Å². The van der Waals surface area contributed by atoms with Crippen molar-refractivity contribution in [2.45, 2.75) is 50.4 Å². The van der Waals surface area contributed by atoms with Gasteiger partial charge >= 0.3 is 18.2 Å². The van der Waals surface area contributed by atoms with Crippen LogP contribution in [-0.4, -0.2) is 48.1 Å². The molecular weight excluding hydrogens is 293 g/mol. The van der Waals surface area contributed by atoms with Gasteiger partial charge in [-0.3, -0.25) is 0 Å². The van der Waals surface area contributed by atoms with E-state index < -0.39 is 23.7 Å². The van der Waals surface area contributed by atoms with Gasteiger partial charge in [0.1, 0.15) is 0 Å². The number of carboxylic acid groups (broad SMARTS) is 1. The monoisotopic (exact) mass is 312 g/mol. The number of amides is 2. The minimum atomic E-state index is -5.09. The fraction of sp³-hybridized carbons (Fsp3) is 0.833. The van der Waals surface area contributed by atoms with Crippen LogP contribution in [0.5, 0.6) is 0 Å². The minimum Gasteiger partial charge on any atom is -0.479 e. The van der Waals surface area contributed by atoms with Crippen molar-refractivity contribution in [1.82, 2.24) is 10.6 Å². The molecule has 0 spiro atoms. The maximum Gasteiger partial charge on any atom is 0.422 e. The van der Waals surface area contributed by atoms with Gasteiger partial charge in [0.15, 0.2) is 0 Å². The number of alkyl halides is 3. The number of aliphatic carboxylic acids is 1. The maximum absolute atomic E-state index is 12.7. The van der Waals surface area contributed by atoms with Gasteiger partial charge in [0.2, 0.25) is 5.54 Å². The molecule has 1 saturated heterocycles. The molecule has 2 atom stereocenters. The molecule has 2 unspecified atom stereocenters. The molecule has 122 valence electrons. The summed E-state index contributed by atoms with van der Waals surface area (Å²) in [6.45, 7) is 1.16. The first-order valence-electron chi connectivity index (χ1n) is 6.64. The molecule has 1 fully saturated rings. The van der Waals surface area contributed by atoms with Crippen LogP contribution in [-0.2, 0) is 9.53 Å². The van der Waals surface area contributed by atoms with E-state index in [1.807, 2.05) is 0 Å². The van der Waals surface area contributed by atoms with E-state index in [0.717, 1.165) is 19.3 Å². The molecule has 2 amide bonds. The van der Waals surface area contributed by atoms with Crippen molar-refractivity contribution in [1.29, 1.82) is 0 Å². The van der Waals surface area contributed by atoms with Gasteiger partial charge in [-0.2, -0.15) is 13.2 Å². The summed E-state index contributed by atoms with van der Waals surface area (Å²) in [6, 6.07) is -1.17. The summed E-state index contributed by atoms with van der Waals surface area (Å²) >= 11 is 0. The number of hydrogen-bond donors (Lipinski definition) is 3. The van der Waals surface area contributed by atoms with Crippen molar-refractivity contribution in [3.05, 3.63) is 0 Å². The van der Waals surface area contributed by atoms with E-state index in [-0.39, 0.29) is 12.6 Å². The molecule has 3 N–H and O–H groups in total. The second kappa shape index (κ2) is 6.97. The molecule has 21 heavy (non-hydrogen) atoms. The summed E-state index contributed by atoms with van der Waals surface area (Å²) in [5.74, 6) is -2.17. The van der Waals surface area contributed by atoms with Gasteiger partial charge in [-0.05, 0) is 32.6 Å². The second-order valence-electron chi connectivity index (χ2n) is 5.09. The number of nitrogens with one attached hydrogen (secondary N) is 2. The Morgan fingerprint density at radius 3 is 2.48 bits per heavy atom. The molecule has 1 aliphatic heterocycles. The molecular formula is C12H19F3N2O4. The van der Waals surface area contributed by atoms with Crippen molar-refractivity contribution in [3.8, 4) is 0 Å². The second-order valence-corrected chi connectivity index (χ2v) is 5.09. The molecule has 1 rings (SSSR count). The Hall–Kier alpha value is -1.51. The summed E-state index contributed by atoms with van der Waals surface area (Å²) in [5.41, 5.74) is -3.32. The molecule has 0 radical (unpaired) electrons. The van der Waals surface area contributed by atoms with Crippen molar-refractivity contribution in [3.63, 3.8) is 0 Å². The van der Waals surface area contributed by atoms with Crippen LogP contribution in [0, 0.1) is 0 Å². The number of carbonyl (C=O) groups is 2. The Morgan fingerprint density at radius 1 is 1.33 bits per heavy atom. The van der Waals surface area contributed by atoms with Crippen LogP contribution in [0.1, 0.15) is 32.6 Å². The number of hydrogen-bond acceptors (Lipinski definition) is 3. The highest BCUT2D eigenvalue weighted by Crippen LogP contribution is 2.30. The van der Waals surface area contributed by atoms with E-state index in [0.29, 0.717) is 20.0 Å². The largest absolute Gasteiger partial charge is 0.479 e. The zero-order valence-electron chi connectivity index (χ0n) is 11.6. The molecule has 0 aromatic rings. The van der Waals surface area contributed by atoms with Gasteiger partial charge in [0.05, 0.1) is 6.10 Å². The number of carbonyl (C=O) groups excluding carboxylic acids is 1. The van der Waals surface area contributed by atoms with E-state index in [1.165, 1.54) is 5.32 Å². The highest BCUT2D eigenvalue weighted by molar-refractivity contribution is 5.86. The van der Waals surface area contributed by atoms with E-state index >= 15 is 0 Å². The standard InChI is InChI=1S/C12H19F3N2O4/c1-11(9(18)19,12(13,14)15)17-10(20)16-6-5-8-4-2-3-7-21-8/h8H,2-7H2,1H3,(H,18,19)(H2,16,17,20). The zero-order valence-corrected chi connectivity index (χ0v) is 11.6. The van der Waals surface area contributed by atoms with Crippen LogP contribution >= 0.6 is 0 Å². The lowest BCUT2D eigenvalue weighted by Crippen LogP contribution is -2.63. The molecule has 0 aromatic heterocycles. The quantitative estimate of drug-likeness (QED) is 0.720. The molecule has 0 bridgehead atoms. The Morgan fingerprint density at radius 2 is 2.00 bits per heavy atom. The molecule has 6 nitrogen and oxygen atoms in total. The summed E-state index contributed by atoms with van der Waals surface area (Å²) in [7, 11) is 0. The van der Waals surface area contributed by atoms with Crippen LogP contribution in [0.4, 0.5) is 18.0 Å². The van der Waals surface area contributed by atoms with Crippen molar-refractivity contribution < 1.29 is 32.6 Å². The number of ether oxygens (including phenoxy) is 1. The Kier molecular flexibility index (Phi) is 5.82. The van der Waals surface area contributed by atoms with E-state index in [4.69, 9.17) is 9.84 Å². The number of carboxylic acids is 1.